The van der Waals surface area contributed by atoms with Crippen LogP contribution in [0.5, 0.6) is 0 Å². The summed E-state index contributed by atoms with van der Waals surface area (Å²) in [5, 5.41) is 1.06. The molecule has 2 aliphatic rings. The topological polar surface area (TPSA) is 83.2 Å². The predicted octanol–water partition coefficient (Wildman–Crippen LogP) is 12.0. The molecule has 0 spiro atoms. The number of hydrogen-bond donors (Lipinski definition) is 1. The smallest absolute Gasteiger partial charge is 0.747 e. The Kier molecular flexibility index (Phi) is 16.8. The second-order valence-corrected chi connectivity index (χ2v) is 19.8. The maximum absolute atomic E-state index is 13.6. The van der Waals surface area contributed by atoms with E-state index >= 15 is 0 Å². The van der Waals surface area contributed by atoms with E-state index in [0.29, 0.717) is 24.3 Å². The van der Waals surface area contributed by atoms with E-state index in [4.69, 9.17) is 5.73 Å². The molecule has 54 heavy (non-hydrogen) atoms. The van der Waals surface area contributed by atoms with Gasteiger partial charge in [-0.2, -0.15) is 0 Å². The number of rotatable bonds is 11. The van der Waals surface area contributed by atoms with Crippen LogP contribution in [0.3, 0.4) is 0 Å². The molecule has 2 aliphatic carbocycles. The molecule has 4 nitrogen and oxygen atoms in total. The van der Waals surface area contributed by atoms with Crippen LogP contribution in [0.25, 0.3) is 22.3 Å². The molecule has 4 aromatic carbocycles. The van der Waals surface area contributed by atoms with Gasteiger partial charge < -0.3 is 10.3 Å². The minimum absolute atomic E-state index is 0. The van der Waals surface area contributed by atoms with Crippen molar-refractivity contribution < 1.29 is 33.4 Å². The Hall–Kier alpha value is -2.16. The van der Waals surface area contributed by atoms with Crippen molar-refractivity contribution in [1.29, 1.82) is 0 Å². The van der Waals surface area contributed by atoms with Crippen molar-refractivity contribution >= 4 is 24.0 Å². The standard InChI is InChI=1S/C34H51O3PS.C13H12N.Pd/c1-23(2)26-21-30(24(3)4)33(31(22-26)25(5)6)29-19-13-14-20-32(29)38-34(39(35,36)37,27-15-9-7-10-16-27)28-17-11-8-12-18-28;14-10-12-8-4-5-9-13(12)11-6-2-1-3-7-11;/h13-14,19-25,27-28,38H,7-12,15-18H2,1-6H3,(H,35,36,37);1-6,8-9H,10,14H2;/q;-1;+2/p-1. The van der Waals surface area contributed by atoms with Gasteiger partial charge in [-0.3, -0.25) is 0 Å². The molecule has 2 fully saturated rings. The molecular weight excluding hydrogens is 796 g/mol. The van der Waals surface area contributed by atoms with E-state index in [1.54, 1.807) is 0 Å². The average molecular weight is 858 g/mol. The maximum atomic E-state index is 13.6. The third-order valence-corrected chi connectivity index (χ3v) is 16.2. The van der Waals surface area contributed by atoms with E-state index in [1.807, 2.05) is 36.4 Å². The zero-order valence-electron chi connectivity index (χ0n) is 33.3. The van der Waals surface area contributed by atoms with Gasteiger partial charge >= 0.3 is 20.4 Å². The first-order valence-corrected chi connectivity index (χ1v) is 22.6. The Balaban J connectivity index is 0.000000362. The van der Waals surface area contributed by atoms with Crippen molar-refractivity contribution in [2.45, 2.75) is 135 Å². The summed E-state index contributed by atoms with van der Waals surface area (Å²) in [4.78, 5) is 0. The summed E-state index contributed by atoms with van der Waals surface area (Å²) in [6.07, 6.45) is 9.89. The summed E-state index contributed by atoms with van der Waals surface area (Å²) in [6.45, 7) is 14.1. The quantitative estimate of drug-likeness (QED) is 0.0705. The molecule has 0 saturated heterocycles. The van der Waals surface area contributed by atoms with Gasteiger partial charge in [0.25, 0.3) is 0 Å². The normalized spacial score (nSPS) is 16.1. The Bertz CT molecular complexity index is 1830. The number of nitrogens with two attached hydrogens (primary N) is 1. The van der Waals surface area contributed by atoms with Gasteiger partial charge in [-0.05, 0) is 88.4 Å². The Morgan fingerprint density at radius 2 is 1.22 bits per heavy atom. The van der Waals surface area contributed by atoms with Crippen LogP contribution in [-0.2, 0) is 37.1 Å². The van der Waals surface area contributed by atoms with Crippen molar-refractivity contribution in [2.75, 3.05) is 0 Å². The molecule has 0 radical (unpaired) electrons. The van der Waals surface area contributed by atoms with E-state index in [0.717, 1.165) is 86.2 Å². The summed E-state index contributed by atoms with van der Waals surface area (Å²) in [5.41, 5.74) is 15.5. The number of benzene rings is 4. The van der Waals surface area contributed by atoms with E-state index in [2.05, 4.69) is 96.1 Å². The van der Waals surface area contributed by atoms with Crippen LogP contribution in [0, 0.1) is 17.9 Å². The van der Waals surface area contributed by atoms with E-state index in [1.165, 1.54) is 27.8 Å². The summed E-state index contributed by atoms with van der Waals surface area (Å²) >= 11 is 0. The van der Waals surface area contributed by atoms with Crippen molar-refractivity contribution in [1.82, 2.24) is 0 Å². The monoisotopic (exact) mass is 857 g/mol. The molecule has 4 aromatic rings. The molecule has 1 unspecified atom stereocenters. The van der Waals surface area contributed by atoms with Gasteiger partial charge in [0.1, 0.15) is 10.1 Å². The Morgan fingerprint density at radius 3 is 1.69 bits per heavy atom. The third-order valence-electron chi connectivity index (χ3n) is 11.7. The first kappa shape index (κ1) is 44.6. The molecule has 294 valence electrons. The van der Waals surface area contributed by atoms with Crippen LogP contribution in [-0.4, -0.2) is 17.5 Å². The minimum atomic E-state index is -4.53. The van der Waals surface area contributed by atoms with Crippen LogP contribution in [0.15, 0.2) is 84.9 Å². The largest absolute Gasteiger partial charge is 2.00 e. The van der Waals surface area contributed by atoms with Gasteiger partial charge in [-0.25, -0.2) is 8.42 Å². The van der Waals surface area contributed by atoms with Crippen molar-refractivity contribution in [3.8, 4) is 22.3 Å². The van der Waals surface area contributed by atoms with E-state index in [-0.39, 0.29) is 40.8 Å². The van der Waals surface area contributed by atoms with Gasteiger partial charge in [-0.1, -0.05) is 160 Å². The molecule has 2 saturated carbocycles. The van der Waals surface area contributed by atoms with Gasteiger partial charge in [0.15, 0.2) is 0 Å². The SMILES string of the molecule is CC(C)c1cc(C(C)C)c(-c2ccccc2PC(C2CCCCC2)(C2CCCCC2)S(=O)(=O)[O-])c(C(C)C)c1.NCc1ccccc1-c1[c-]cccc1.[Pd+2]. The summed E-state index contributed by atoms with van der Waals surface area (Å²) in [7, 11) is -4.56. The zero-order valence-corrected chi connectivity index (χ0v) is 36.6. The molecule has 0 heterocycles. The van der Waals surface area contributed by atoms with Gasteiger partial charge in [-0.15, -0.1) is 35.9 Å². The fourth-order valence-electron chi connectivity index (χ4n) is 8.88. The van der Waals surface area contributed by atoms with E-state index in [9.17, 15) is 13.0 Å². The van der Waals surface area contributed by atoms with Crippen LogP contribution in [0.1, 0.15) is 146 Å². The second-order valence-electron chi connectivity index (χ2n) is 16.3. The second kappa shape index (κ2) is 20.3. The molecule has 0 amide bonds. The van der Waals surface area contributed by atoms with Crippen LogP contribution < -0.4 is 11.0 Å². The molecule has 0 aliphatic heterocycles. The molecule has 2 N–H and O–H groups in total. The van der Waals surface area contributed by atoms with Crippen LogP contribution in [0.2, 0.25) is 0 Å². The number of hydrogen-bond acceptors (Lipinski definition) is 4. The molecule has 1 atom stereocenters. The van der Waals surface area contributed by atoms with E-state index < -0.39 is 14.6 Å². The van der Waals surface area contributed by atoms with Crippen molar-refractivity contribution in [2.24, 2.45) is 17.6 Å². The minimum Gasteiger partial charge on any atom is -0.747 e. The molecule has 0 aromatic heterocycles. The van der Waals surface area contributed by atoms with Gasteiger partial charge in [0.2, 0.25) is 0 Å². The fourth-order valence-corrected chi connectivity index (χ4v) is 12.9. The Labute approximate surface area is 343 Å². The maximum Gasteiger partial charge on any atom is 2.00 e. The van der Waals surface area contributed by atoms with Gasteiger partial charge in [0, 0.05) is 6.54 Å². The van der Waals surface area contributed by atoms with Crippen molar-refractivity contribution in [3.05, 3.63) is 113 Å². The Morgan fingerprint density at radius 1 is 0.722 bits per heavy atom. The summed E-state index contributed by atoms with van der Waals surface area (Å²) in [5.74, 6) is 1.01. The first-order chi connectivity index (χ1) is 25.4. The molecular formula is C47H62NO3PPdS. The van der Waals surface area contributed by atoms with Gasteiger partial charge in [0.05, 0.1) is 4.49 Å². The predicted molar refractivity (Wildman–Crippen MR) is 226 cm³/mol. The van der Waals surface area contributed by atoms with Crippen molar-refractivity contribution in [3.63, 3.8) is 0 Å². The summed E-state index contributed by atoms with van der Waals surface area (Å²) < 4.78 is 39.7. The average Bonchev–Trinajstić information content (AvgIpc) is 3.17. The molecule has 6 rings (SSSR count). The molecule has 7 heteroatoms. The van der Waals surface area contributed by atoms with Crippen LogP contribution in [0.4, 0.5) is 0 Å². The van der Waals surface area contributed by atoms with Crippen LogP contribution >= 0.6 is 8.58 Å². The molecule has 0 bridgehead atoms. The summed E-state index contributed by atoms with van der Waals surface area (Å²) in [6, 6.07) is 32.5. The zero-order chi connectivity index (χ0) is 38.2. The first-order valence-electron chi connectivity index (χ1n) is 20.1. The third kappa shape index (κ3) is 10.2. The fraction of sp³-hybridized carbons (Fsp3) is 0.489.